The molecule has 0 aliphatic carbocycles. The summed E-state index contributed by atoms with van der Waals surface area (Å²) in [7, 11) is 0. The van der Waals surface area contributed by atoms with Gasteiger partial charge in [-0.05, 0) is 49.2 Å². The van der Waals surface area contributed by atoms with Crippen molar-refractivity contribution in [2.75, 3.05) is 23.3 Å². The summed E-state index contributed by atoms with van der Waals surface area (Å²) in [5, 5.41) is 5.52. The van der Waals surface area contributed by atoms with E-state index in [0.717, 1.165) is 5.69 Å². The number of amides is 1. The van der Waals surface area contributed by atoms with E-state index in [4.69, 9.17) is 0 Å². The molecule has 0 unspecified atom stereocenters. The van der Waals surface area contributed by atoms with Gasteiger partial charge in [-0.15, -0.1) is 0 Å². The Balaban J connectivity index is 1.32. The van der Waals surface area contributed by atoms with Crippen molar-refractivity contribution in [3.63, 3.8) is 0 Å². The van der Waals surface area contributed by atoms with E-state index >= 15 is 0 Å². The first-order valence-electron chi connectivity index (χ1n) is 10.6. The van der Waals surface area contributed by atoms with Gasteiger partial charge in [-0.1, -0.05) is 6.07 Å². The maximum atomic E-state index is 13.6. The normalized spacial score (nSPS) is 15.8. The molecule has 0 radical (unpaired) electrons. The van der Waals surface area contributed by atoms with Crippen LogP contribution in [0, 0.1) is 0 Å². The van der Waals surface area contributed by atoms with Crippen molar-refractivity contribution in [3.05, 3.63) is 78.6 Å². The number of hydrogen-bond donors (Lipinski definition) is 2. The molecule has 1 atom stereocenters. The van der Waals surface area contributed by atoms with Crippen molar-refractivity contribution in [1.29, 1.82) is 0 Å². The second kappa shape index (κ2) is 9.95. The van der Waals surface area contributed by atoms with Crippen LogP contribution in [0.4, 0.5) is 24.5 Å². The van der Waals surface area contributed by atoms with Crippen LogP contribution in [0.15, 0.2) is 67.3 Å². The minimum absolute atomic E-state index is 0.0217. The van der Waals surface area contributed by atoms with Crippen molar-refractivity contribution in [1.82, 2.24) is 20.3 Å². The van der Waals surface area contributed by atoms with Crippen molar-refractivity contribution < 1.29 is 18.0 Å². The molecule has 33 heavy (non-hydrogen) atoms. The van der Waals surface area contributed by atoms with E-state index in [9.17, 15) is 18.0 Å². The van der Waals surface area contributed by atoms with Crippen molar-refractivity contribution >= 4 is 17.3 Å². The lowest BCUT2D eigenvalue weighted by Crippen LogP contribution is -2.47. The van der Waals surface area contributed by atoms with Crippen molar-refractivity contribution in [2.45, 2.75) is 31.1 Å². The minimum Gasteiger partial charge on any atom is -0.371 e. The Labute approximate surface area is 189 Å². The van der Waals surface area contributed by atoms with Crippen LogP contribution in [0.3, 0.4) is 0 Å². The molecule has 1 amide bonds. The molecule has 2 N–H and O–H groups in total. The van der Waals surface area contributed by atoms with Crippen LogP contribution < -0.4 is 15.5 Å². The Hall–Kier alpha value is -3.53. The summed E-state index contributed by atoms with van der Waals surface area (Å²) in [5.74, 6) is -0.352. The summed E-state index contributed by atoms with van der Waals surface area (Å²) in [4.78, 5) is 26.0. The van der Waals surface area contributed by atoms with Crippen LogP contribution in [-0.4, -0.2) is 46.2 Å². The molecule has 1 saturated heterocycles. The first-order valence-corrected chi connectivity index (χ1v) is 10.6. The van der Waals surface area contributed by atoms with Crippen LogP contribution in [0.25, 0.3) is 0 Å². The maximum Gasteiger partial charge on any atom is 0.409 e. The molecule has 3 aromatic rings. The zero-order valence-corrected chi connectivity index (χ0v) is 17.7. The quantitative estimate of drug-likeness (QED) is 0.584. The molecule has 3 heterocycles. The van der Waals surface area contributed by atoms with Crippen LogP contribution in [0.1, 0.15) is 35.1 Å². The van der Waals surface area contributed by atoms with E-state index in [1.54, 1.807) is 24.3 Å². The van der Waals surface area contributed by atoms with Crippen molar-refractivity contribution in [3.8, 4) is 0 Å². The predicted octanol–water partition coefficient (Wildman–Crippen LogP) is 3.99. The molecule has 2 aromatic heterocycles. The Kier molecular flexibility index (Phi) is 6.83. The predicted molar refractivity (Wildman–Crippen MR) is 118 cm³/mol. The molecule has 10 heteroatoms. The number of nitrogens with one attached hydrogen (secondary N) is 2. The number of piperidine rings is 1. The van der Waals surface area contributed by atoms with Gasteiger partial charge in [0.05, 0.1) is 11.9 Å². The second-order valence-electron chi connectivity index (χ2n) is 7.75. The van der Waals surface area contributed by atoms with Gasteiger partial charge in [-0.25, -0.2) is 4.98 Å². The summed E-state index contributed by atoms with van der Waals surface area (Å²) in [5.41, 5.74) is 1.77. The third-order valence-electron chi connectivity index (χ3n) is 5.49. The van der Waals surface area contributed by atoms with Gasteiger partial charge >= 0.3 is 6.18 Å². The van der Waals surface area contributed by atoms with Gasteiger partial charge in [-0.2, -0.15) is 13.2 Å². The number of anilines is 2. The van der Waals surface area contributed by atoms with E-state index in [1.165, 1.54) is 30.9 Å². The van der Waals surface area contributed by atoms with Crippen LogP contribution in [0.2, 0.25) is 0 Å². The molecule has 0 saturated carbocycles. The lowest BCUT2D eigenvalue weighted by molar-refractivity contribution is -0.161. The Morgan fingerprint density at radius 2 is 1.76 bits per heavy atom. The number of halogens is 3. The van der Waals surface area contributed by atoms with Gasteiger partial charge in [0.25, 0.3) is 5.91 Å². The number of pyridine rings is 1. The fourth-order valence-electron chi connectivity index (χ4n) is 3.80. The molecule has 172 valence electrons. The van der Waals surface area contributed by atoms with Gasteiger partial charge in [0.2, 0.25) is 0 Å². The van der Waals surface area contributed by atoms with Crippen LogP contribution in [-0.2, 0) is 0 Å². The SMILES string of the molecule is O=C(Nc1ccc(N2CCC(N[C@@H](c3ccccn3)C(F)(F)F)CC2)cc1)c1cnccn1. The molecule has 7 nitrogen and oxygen atoms in total. The van der Waals surface area contributed by atoms with Crippen LogP contribution >= 0.6 is 0 Å². The van der Waals surface area contributed by atoms with E-state index in [1.807, 2.05) is 12.1 Å². The number of carbonyl (C=O) groups is 1. The van der Waals surface area contributed by atoms with E-state index < -0.39 is 12.2 Å². The largest absolute Gasteiger partial charge is 0.409 e. The average molecular weight is 456 g/mol. The van der Waals surface area contributed by atoms with Gasteiger partial charge in [0, 0.05) is 49.1 Å². The number of aromatic nitrogens is 3. The molecular formula is C23H23F3N6O. The maximum absolute atomic E-state index is 13.6. The highest BCUT2D eigenvalue weighted by Crippen LogP contribution is 2.33. The second-order valence-corrected chi connectivity index (χ2v) is 7.75. The van der Waals surface area contributed by atoms with Gasteiger partial charge in [0.15, 0.2) is 0 Å². The molecule has 1 aliphatic heterocycles. The molecule has 1 aliphatic rings. The molecule has 0 bridgehead atoms. The number of rotatable bonds is 6. The Bertz CT molecular complexity index is 1040. The highest BCUT2D eigenvalue weighted by atomic mass is 19.4. The lowest BCUT2D eigenvalue weighted by Gasteiger charge is -2.36. The zero-order chi connectivity index (χ0) is 23.3. The standard InChI is InChI=1S/C23H23F3N6O/c24-23(25,26)21(19-3-1-2-10-28-19)30-17-8-13-32(14-9-17)18-6-4-16(5-7-18)31-22(33)20-15-27-11-12-29-20/h1-7,10-12,15,17,21,30H,8-9,13-14H2,(H,31,33)/t21-/m0/s1. The average Bonchev–Trinajstić information content (AvgIpc) is 2.84. The summed E-state index contributed by atoms with van der Waals surface area (Å²) in [6.07, 6.45) is 2.43. The molecule has 0 spiro atoms. The molecule has 4 rings (SSSR count). The van der Waals surface area contributed by atoms with Crippen LogP contribution in [0.5, 0.6) is 0 Å². The van der Waals surface area contributed by atoms with Crippen molar-refractivity contribution in [2.24, 2.45) is 0 Å². The van der Waals surface area contributed by atoms with E-state index in [2.05, 4.69) is 30.5 Å². The fraction of sp³-hybridized carbons (Fsp3) is 0.304. The summed E-state index contributed by atoms with van der Waals surface area (Å²) >= 11 is 0. The highest BCUT2D eigenvalue weighted by molar-refractivity contribution is 6.02. The number of alkyl halides is 3. The van der Waals surface area contributed by atoms with Gasteiger partial charge < -0.3 is 10.2 Å². The number of carbonyl (C=O) groups excluding carboxylic acids is 1. The first kappa shape index (κ1) is 22.7. The van der Waals surface area contributed by atoms with E-state index in [0.29, 0.717) is 31.6 Å². The number of hydrogen-bond acceptors (Lipinski definition) is 6. The molecule has 1 fully saturated rings. The first-order chi connectivity index (χ1) is 15.9. The third kappa shape index (κ3) is 5.83. The smallest absolute Gasteiger partial charge is 0.371 e. The zero-order valence-electron chi connectivity index (χ0n) is 17.7. The van der Waals surface area contributed by atoms with Gasteiger partial charge in [-0.3, -0.25) is 20.1 Å². The monoisotopic (exact) mass is 456 g/mol. The molecular weight excluding hydrogens is 433 g/mol. The fourth-order valence-corrected chi connectivity index (χ4v) is 3.80. The highest BCUT2D eigenvalue weighted by Gasteiger charge is 2.43. The lowest BCUT2D eigenvalue weighted by atomic mass is 10.0. The van der Waals surface area contributed by atoms with Gasteiger partial charge in [0.1, 0.15) is 11.7 Å². The molecule has 1 aromatic carbocycles. The topological polar surface area (TPSA) is 83.0 Å². The minimum atomic E-state index is -4.42. The Morgan fingerprint density at radius 1 is 1.00 bits per heavy atom. The number of nitrogens with zero attached hydrogens (tertiary/aromatic N) is 4. The third-order valence-corrected chi connectivity index (χ3v) is 5.49. The number of benzene rings is 1. The van der Waals surface area contributed by atoms with E-state index in [-0.39, 0.29) is 23.3 Å². The summed E-state index contributed by atoms with van der Waals surface area (Å²) in [6.45, 7) is 1.24. The summed E-state index contributed by atoms with van der Waals surface area (Å²) < 4.78 is 40.8. The Morgan fingerprint density at radius 3 is 2.36 bits per heavy atom. The summed E-state index contributed by atoms with van der Waals surface area (Å²) in [6, 6.07) is 9.84.